The fraction of sp³-hybridized carbons (Fsp3) is 0.375. The number of hydrazone groups is 1. The van der Waals surface area contributed by atoms with Crippen LogP contribution in [-0.2, 0) is 4.79 Å². The molecule has 4 rings (SSSR count). The number of hydrogen-bond acceptors (Lipinski definition) is 4. The van der Waals surface area contributed by atoms with E-state index in [1.54, 1.807) is 13.3 Å². The molecule has 1 aromatic heterocycles. The lowest BCUT2D eigenvalue weighted by Gasteiger charge is -2.39. The minimum Gasteiger partial charge on any atom is -0.497 e. The van der Waals surface area contributed by atoms with E-state index in [4.69, 9.17) is 9.72 Å². The number of amides is 1. The molecule has 1 aliphatic rings. The molecule has 2 aromatic carbocycles. The average molecular weight is 405 g/mol. The van der Waals surface area contributed by atoms with Crippen molar-refractivity contribution in [1.29, 1.82) is 0 Å². The van der Waals surface area contributed by atoms with Gasteiger partial charge in [0.1, 0.15) is 11.6 Å². The summed E-state index contributed by atoms with van der Waals surface area (Å²) in [4.78, 5) is 21.4. The number of aromatic amines is 1. The molecule has 6 nitrogen and oxygen atoms in total. The number of carbonyl (C=O) groups excluding carboxylic acids is 1. The van der Waals surface area contributed by atoms with Crippen LogP contribution in [0.1, 0.15) is 50.9 Å². The van der Waals surface area contributed by atoms with Crippen LogP contribution < -0.4 is 10.2 Å². The van der Waals surface area contributed by atoms with Crippen LogP contribution in [0.4, 0.5) is 0 Å². The summed E-state index contributed by atoms with van der Waals surface area (Å²) in [5, 5.41) is 4.20. The average Bonchev–Trinajstić information content (AvgIpc) is 3.27. The first-order chi connectivity index (χ1) is 14.3. The third kappa shape index (κ3) is 3.36. The number of rotatable bonds is 5. The number of ether oxygens (including phenoxy) is 1. The molecule has 1 saturated carbocycles. The van der Waals surface area contributed by atoms with Crippen molar-refractivity contribution in [1.82, 2.24) is 15.4 Å². The van der Waals surface area contributed by atoms with Crippen LogP contribution in [0.5, 0.6) is 5.75 Å². The van der Waals surface area contributed by atoms with Gasteiger partial charge in [0.15, 0.2) is 0 Å². The van der Waals surface area contributed by atoms with Gasteiger partial charge >= 0.3 is 0 Å². The molecule has 2 N–H and O–H groups in total. The number of nitrogens with zero attached hydrogens (tertiary/aromatic N) is 2. The van der Waals surface area contributed by atoms with Crippen molar-refractivity contribution in [2.75, 3.05) is 7.11 Å². The topological polar surface area (TPSA) is 79.4 Å². The number of methoxy groups -OCH3 is 1. The molecular weight excluding hydrogens is 376 g/mol. The Hall–Kier alpha value is -3.15. The molecule has 0 radical (unpaired) electrons. The van der Waals surface area contributed by atoms with Crippen molar-refractivity contribution < 1.29 is 9.53 Å². The van der Waals surface area contributed by atoms with Crippen molar-refractivity contribution in [3.63, 3.8) is 0 Å². The first-order valence-corrected chi connectivity index (χ1v) is 10.3. The summed E-state index contributed by atoms with van der Waals surface area (Å²) >= 11 is 0. The van der Waals surface area contributed by atoms with E-state index in [0.717, 1.165) is 41.0 Å². The molecule has 1 fully saturated rings. The smallest absolute Gasteiger partial charge is 0.246 e. The fourth-order valence-corrected chi connectivity index (χ4v) is 4.50. The lowest BCUT2D eigenvalue weighted by molar-refractivity contribution is -0.135. The minimum atomic E-state index is -0.548. The van der Waals surface area contributed by atoms with Crippen LogP contribution >= 0.6 is 0 Å². The van der Waals surface area contributed by atoms with Gasteiger partial charge in [-0.2, -0.15) is 5.10 Å². The highest BCUT2D eigenvalue weighted by atomic mass is 16.5. The molecule has 3 aromatic rings. The fourth-order valence-electron chi connectivity index (χ4n) is 4.50. The molecular formula is C24H28N4O2. The predicted molar refractivity (Wildman–Crippen MR) is 119 cm³/mol. The summed E-state index contributed by atoms with van der Waals surface area (Å²) in [6, 6.07) is 15.6. The Morgan fingerprint density at radius 1 is 1.20 bits per heavy atom. The Morgan fingerprint density at radius 2 is 1.93 bits per heavy atom. The molecule has 1 heterocycles. The summed E-state index contributed by atoms with van der Waals surface area (Å²) in [6.45, 7) is 6.35. The summed E-state index contributed by atoms with van der Waals surface area (Å²) in [5.74, 6) is 1.86. The molecule has 156 valence electrons. The highest BCUT2D eigenvalue weighted by molar-refractivity contribution is 5.86. The predicted octanol–water partition coefficient (Wildman–Crippen LogP) is 4.63. The van der Waals surface area contributed by atoms with Gasteiger partial charge in [-0.25, -0.2) is 10.4 Å². The molecule has 0 bridgehead atoms. The Bertz CT molecular complexity index is 1050. The van der Waals surface area contributed by atoms with E-state index in [2.05, 4.69) is 29.4 Å². The van der Waals surface area contributed by atoms with Crippen molar-refractivity contribution >= 4 is 23.2 Å². The van der Waals surface area contributed by atoms with E-state index in [9.17, 15) is 4.79 Å². The Kier molecular flexibility index (Phi) is 5.10. The SMILES string of the molecule is COc1ccc(/C=N\NC(=O)[C@]2(C)CC[C@H](c3nc4ccccc4[nH]3)C2(C)C)cc1. The highest BCUT2D eigenvalue weighted by Crippen LogP contribution is 2.59. The maximum absolute atomic E-state index is 13.1. The van der Waals surface area contributed by atoms with Crippen LogP contribution in [-0.4, -0.2) is 29.2 Å². The maximum Gasteiger partial charge on any atom is 0.246 e. The zero-order valence-electron chi connectivity index (χ0n) is 17.9. The summed E-state index contributed by atoms with van der Waals surface area (Å²) in [6.07, 6.45) is 3.34. The largest absolute Gasteiger partial charge is 0.497 e. The third-order valence-electron chi connectivity index (χ3n) is 6.96. The molecule has 1 amide bonds. The normalized spacial score (nSPS) is 23.1. The van der Waals surface area contributed by atoms with Crippen LogP contribution in [0.2, 0.25) is 0 Å². The van der Waals surface area contributed by atoms with E-state index in [1.807, 2.05) is 55.5 Å². The van der Waals surface area contributed by atoms with E-state index in [1.165, 1.54) is 0 Å². The van der Waals surface area contributed by atoms with Crippen LogP contribution in [0.25, 0.3) is 11.0 Å². The van der Waals surface area contributed by atoms with Gasteiger partial charge in [-0.15, -0.1) is 0 Å². The van der Waals surface area contributed by atoms with Crippen molar-refractivity contribution in [2.24, 2.45) is 15.9 Å². The van der Waals surface area contributed by atoms with Gasteiger partial charge < -0.3 is 9.72 Å². The lowest BCUT2D eigenvalue weighted by atomic mass is 9.65. The third-order valence-corrected chi connectivity index (χ3v) is 6.96. The van der Waals surface area contributed by atoms with Crippen molar-refractivity contribution in [3.05, 3.63) is 59.9 Å². The van der Waals surface area contributed by atoms with Crippen LogP contribution in [0.15, 0.2) is 53.6 Å². The second-order valence-corrected chi connectivity index (χ2v) is 8.76. The number of hydrogen-bond donors (Lipinski definition) is 2. The monoisotopic (exact) mass is 404 g/mol. The van der Waals surface area contributed by atoms with Crippen LogP contribution in [0.3, 0.4) is 0 Å². The van der Waals surface area contributed by atoms with Gasteiger partial charge in [0, 0.05) is 5.92 Å². The van der Waals surface area contributed by atoms with Gasteiger partial charge in [-0.1, -0.05) is 32.9 Å². The van der Waals surface area contributed by atoms with E-state index < -0.39 is 5.41 Å². The molecule has 0 saturated heterocycles. The highest BCUT2D eigenvalue weighted by Gasteiger charge is 2.57. The quantitative estimate of drug-likeness (QED) is 0.481. The second-order valence-electron chi connectivity index (χ2n) is 8.76. The number of nitrogens with one attached hydrogen (secondary N) is 2. The van der Waals surface area contributed by atoms with E-state index in [-0.39, 0.29) is 17.2 Å². The molecule has 0 aliphatic heterocycles. The summed E-state index contributed by atoms with van der Waals surface area (Å²) in [5.41, 5.74) is 4.83. The number of H-pyrrole nitrogens is 1. The number of fused-ring (bicyclic) bond motifs is 1. The van der Waals surface area contributed by atoms with Gasteiger partial charge in [0.05, 0.1) is 29.8 Å². The molecule has 1 aliphatic carbocycles. The van der Waals surface area contributed by atoms with Crippen molar-refractivity contribution in [2.45, 2.75) is 39.5 Å². The molecule has 0 spiro atoms. The Labute approximate surface area is 176 Å². The Balaban J connectivity index is 1.50. The first-order valence-electron chi connectivity index (χ1n) is 10.3. The molecule has 0 unspecified atom stereocenters. The van der Waals surface area contributed by atoms with E-state index >= 15 is 0 Å². The summed E-state index contributed by atoms with van der Waals surface area (Å²) in [7, 11) is 1.63. The number of aromatic nitrogens is 2. The lowest BCUT2D eigenvalue weighted by Crippen LogP contribution is -2.45. The minimum absolute atomic E-state index is 0.0594. The molecule has 2 atom stereocenters. The van der Waals surface area contributed by atoms with Crippen molar-refractivity contribution in [3.8, 4) is 5.75 Å². The molecule has 30 heavy (non-hydrogen) atoms. The van der Waals surface area contributed by atoms with Gasteiger partial charge in [-0.3, -0.25) is 4.79 Å². The van der Waals surface area contributed by atoms with E-state index in [0.29, 0.717) is 0 Å². The number of benzene rings is 2. The Morgan fingerprint density at radius 3 is 2.63 bits per heavy atom. The standard InChI is InChI=1S/C24H28N4O2/c1-23(2)18(21-26-19-7-5-6-8-20(19)27-21)13-14-24(23,3)22(29)28-25-15-16-9-11-17(30-4)12-10-16/h5-12,15,18H,13-14H2,1-4H3,(H,26,27)(H,28,29)/b25-15-/t18-,24+/m1/s1. The number of para-hydroxylation sites is 2. The number of imidazole rings is 1. The zero-order valence-corrected chi connectivity index (χ0v) is 17.9. The maximum atomic E-state index is 13.1. The van der Waals surface area contributed by atoms with Gasteiger partial charge in [-0.05, 0) is 60.2 Å². The van der Waals surface area contributed by atoms with Crippen LogP contribution in [0, 0.1) is 10.8 Å². The van der Waals surface area contributed by atoms with Gasteiger partial charge in [0.25, 0.3) is 0 Å². The first kappa shape index (κ1) is 20.1. The number of carbonyl (C=O) groups is 1. The van der Waals surface area contributed by atoms with Gasteiger partial charge in [0.2, 0.25) is 5.91 Å². The molecule has 6 heteroatoms. The summed E-state index contributed by atoms with van der Waals surface area (Å²) < 4.78 is 5.16. The second kappa shape index (κ2) is 7.59. The zero-order chi connectivity index (χ0) is 21.4.